The third-order valence-corrected chi connectivity index (χ3v) is 3.77. The zero-order chi connectivity index (χ0) is 17.4. The standard InChI is InChI=1S/C19H21NO4/c1-24-17-9-7-15(8-10-17)16(12-19(22)23)11-18(21)20-13-14-5-3-2-4-6-14/h2-10,16H,11-13H2,1H3,(H,20,21)(H,22,23)/t16-/m1/s1. The molecule has 2 N–H and O–H groups in total. The van der Waals surface area contributed by atoms with Crippen molar-refractivity contribution in [1.29, 1.82) is 0 Å². The highest BCUT2D eigenvalue weighted by Gasteiger charge is 2.19. The van der Waals surface area contributed by atoms with E-state index < -0.39 is 5.97 Å². The molecule has 0 bridgehead atoms. The number of carboxylic acid groups (broad SMARTS) is 1. The summed E-state index contributed by atoms with van der Waals surface area (Å²) >= 11 is 0. The lowest BCUT2D eigenvalue weighted by atomic mass is 9.92. The summed E-state index contributed by atoms with van der Waals surface area (Å²) in [6.45, 7) is 0.433. The number of carbonyl (C=O) groups excluding carboxylic acids is 1. The molecule has 0 saturated heterocycles. The van der Waals surface area contributed by atoms with Crippen molar-refractivity contribution in [3.05, 3.63) is 65.7 Å². The number of nitrogens with one attached hydrogen (secondary N) is 1. The smallest absolute Gasteiger partial charge is 0.303 e. The highest BCUT2D eigenvalue weighted by molar-refractivity contribution is 5.78. The van der Waals surface area contributed by atoms with E-state index >= 15 is 0 Å². The molecule has 0 aliphatic heterocycles. The molecule has 0 aliphatic rings. The van der Waals surface area contributed by atoms with Gasteiger partial charge in [-0.3, -0.25) is 9.59 Å². The maximum atomic E-state index is 12.2. The summed E-state index contributed by atoms with van der Waals surface area (Å²) < 4.78 is 5.10. The predicted molar refractivity (Wildman–Crippen MR) is 90.9 cm³/mol. The van der Waals surface area contributed by atoms with Crippen molar-refractivity contribution in [2.24, 2.45) is 0 Å². The Bertz CT molecular complexity index is 668. The summed E-state index contributed by atoms with van der Waals surface area (Å²) in [5, 5.41) is 11.9. The normalized spacial score (nSPS) is 11.5. The van der Waals surface area contributed by atoms with Crippen LogP contribution in [0.3, 0.4) is 0 Å². The van der Waals surface area contributed by atoms with E-state index in [-0.39, 0.29) is 24.7 Å². The Labute approximate surface area is 141 Å². The van der Waals surface area contributed by atoms with Gasteiger partial charge in [0.25, 0.3) is 0 Å². The van der Waals surface area contributed by atoms with Gasteiger partial charge in [-0.05, 0) is 23.3 Å². The number of aliphatic carboxylic acids is 1. The zero-order valence-corrected chi connectivity index (χ0v) is 13.6. The van der Waals surface area contributed by atoms with E-state index in [1.54, 1.807) is 31.4 Å². The molecular formula is C19H21NO4. The summed E-state index contributed by atoms with van der Waals surface area (Å²) in [6.07, 6.45) is 0.0382. The highest BCUT2D eigenvalue weighted by atomic mass is 16.5. The van der Waals surface area contributed by atoms with Crippen LogP contribution in [0.25, 0.3) is 0 Å². The second-order valence-electron chi connectivity index (χ2n) is 5.53. The number of methoxy groups -OCH3 is 1. The third kappa shape index (κ3) is 5.43. The molecule has 0 heterocycles. The van der Waals surface area contributed by atoms with Crippen molar-refractivity contribution >= 4 is 11.9 Å². The van der Waals surface area contributed by atoms with Crippen molar-refractivity contribution in [2.75, 3.05) is 7.11 Å². The fraction of sp³-hybridized carbons (Fsp3) is 0.263. The SMILES string of the molecule is COc1ccc([C@@H](CC(=O)O)CC(=O)NCc2ccccc2)cc1. The minimum absolute atomic E-state index is 0.0922. The molecule has 0 aliphatic carbocycles. The summed E-state index contributed by atoms with van der Waals surface area (Å²) in [6, 6.07) is 16.7. The summed E-state index contributed by atoms with van der Waals surface area (Å²) in [7, 11) is 1.57. The van der Waals surface area contributed by atoms with Gasteiger partial charge in [0.15, 0.2) is 0 Å². The molecular weight excluding hydrogens is 306 g/mol. The van der Waals surface area contributed by atoms with Crippen LogP contribution in [-0.4, -0.2) is 24.1 Å². The second kappa shape index (κ2) is 8.72. The molecule has 5 nitrogen and oxygen atoms in total. The predicted octanol–water partition coefficient (Wildman–Crippen LogP) is 2.96. The zero-order valence-electron chi connectivity index (χ0n) is 13.6. The van der Waals surface area contributed by atoms with Crippen molar-refractivity contribution in [1.82, 2.24) is 5.32 Å². The highest BCUT2D eigenvalue weighted by Crippen LogP contribution is 2.25. The van der Waals surface area contributed by atoms with Crippen LogP contribution in [0.1, 0.15) is 29.9 Å². The number of hydrogen-bond acceptors (Lipinski definition) is 3. The van der Waals surface area contributed by atoms with Gasteiger partial charge < -0.3 is 15.2 Å². The molecule has 2 rings (SSSR count). The fourth-order valence-electron chi connectivity index (χ4n) is 2.49. The number of rotatable bonds is 8. The number of ether oxygens (including phenoxy) is 1. The summed E-state index contributed by atoms with van der Waals surface area (Å²) in [4.78, 5) is 23.3. The van der Waals surface area contributed by atoms with Gasteiger partial charge in [0, 0.05) is 18.9 Å². The van der Waals surface area contributed by atoms with Crippen LogP contribution in [0.4, 0.5) is 0 Å². The first-order chi connectivity index (χ1) is 11.6. The fourth-order valence-corrected chi connectivity index (χ4v) is 2.49. The van der Waals surface area contributed by atoms with E-state index in [4.69, 9.17) is 9.84 Å². The van der Waals surface area contributed by atoms with Crippen molar-refractivity contribution in [3.63, 3.8) is 0 Å². The lowest BCUT2D eigenvalue weighted by Crippen LogP contribution is -2.25. The van der Waals surface area contributed by atoms with E-state index in [9.17, 15) is 9.59 Å². The third-order valence-electron chi connectivity index (χ3n) is 3.77. The maximum Gasteiger partial charge on any atom is 0.303 e. The summed E-state index contributed by atoms with van der Waals surface area (Å²) in [5.74, 6) is -0.766. The Kier molecular flexibility index (Phi) is 6.37. The quantitative estimate of drug-likeness (QED) is 0.781. The first kappa shape index (κ1) is 17.5. The van der Waals surface area contributed by atoms with Crippen molar-refractivity contribution in [2.45, 2.75) is 25.3 Å². The minimum atomic E-state index is -0.924. The Morgan fingerprint density at radius 3 is 2.29 bits per heavy atom. The van der Waals surface area contributed by atoms with Gasteiger partial charge in [0.05, 0.1) is 13.5 Å². The van der Waals surface area contributed by atoms with Crippen LogP contribution in [0, 0.1) is 0 Å². The van der Waals surface area contributed by atoms with Gasteiger partial charge in [-0.2, -0.15) is 0 Å². The Hall–Kier alpha value is -2.82. The number of carboxylic acids is 1. The van der Waals surface area contributed by atoms with Crippen LogP contribution in [0.5, 0.6) is 5.75 Å². The van der Waals surface area contributed by atoms with Gasteiger partial charge in [-0.1, -0.05) is 42.5 Å². The molecule has 1 amide bonds. The lowest BCUT2D eigenvalue weighted by Gasteiger charge is -2.16. The van der Waals surface area contributed by atoms with E-state index in [1.165, 1.54) is 0 Å². The van der Waals surface area contributed by atoms with Crippen molar-refractivity contribution in [3.8, 4) is 5.75 Å². The van der Waals surface area contributed by atoms with Gasteiger partial charge >= 0.3 is 5.97 Å². The van der Waals surface area contributed by atoms with Gasteiger partial charge in [0.2, 0.25) is 5.91 Å². The molecule has 2 aromatic rings. The largest absolute Gasteiger partial charge is 0.497 e. The van der Waals surface area contributed by atoms with Crippen LogP contribution in [0.2, 0.25) is 0 Å². The Morgan fingerprint density at radius 1 is 1.04 bits per heavy atom. The molecule has 1 atom stereocenters. The molecule has 5 heteroatoms. The van der Waals surface area contributed by atoms with E-state index in [2.05, 4.69) is 5.32 Å². The van der Waals surface area contributed by atoms with E-state index in [0.717, 1.165) is 11.1 Å². The minimum Gasteiger partial charge on any atom is -0.497 e. The molecule has 0 aromatic heterocycles. The Morgan fingerprint density at radius 2 is 1.71 bits per heavy atom. The summed E-state index contributed by atoms with van der Waals surface area (Å²) in [5.41, 5.74) is 1.82. The molecule has 0 radical (unpaired) electrons. The van der Waals surface area contributed by atoms with Gasteiger partial charge in [-0.25, -0.2) is 0 Å². The monoisotopic (exact) mass is 327 g/mol. The molecule has 0 spiro atoms. The molecule has 126 valence electrons. The lowest BCUT2D eigenvalue weighted by molar-refractivity contribution is -0.137. The van der Waals surface area contributed by atoms with Crippen LogP contribution in [0.15, 0.2) is 54.6 Å². The first-order valence-corrected chi connectivity index (χ1v) is 7.75. The molecule has 0 unspecified atom stereocenters. The number of benzene rings is 2. The number of hydrogen-bond donors (Lipinski definition) is 2. The van der Waals surface area contributed by atoms with Gasteiger partial charge in [0.1, 0.15) is 5.75 Å². The molecule has 0 fully saturated rings. The van der Waals surface area contributed by atoms with E-state index in [0.29, 0.717) is 12.3 Å². The van der Waals surface area contributed by atoms with Crippen LogP contribution in [-0.2, 0) is 16.1 Å². The average molecular weight is 327 g/mol. The Balaban J connectivity index is 1.99. The van der Waals surface area contributed by atoms with Crippen LogP contribution < -0.4 is 10.1 Å². The molecule has 0 saturated carbocycles. The van der Waals surface area contributed by atoms with E-state index in [1.807, 2.05) is 30.3 Å². The number of carbonyl (C=O) groups is 2. The average Bonchev–Trinajstić information content (AvgIpc) is 2.60. The second-order valence-corrected chi connectivity index (χ2v) is 5.53. The number of amides is 1. The van der Waals surface area contributed by atoms with Crippen molar-refractivity contribution < 1.29 is 19.4 Å². The maximum absolute atomic E-state index is 12.2. The first-order valence-electron chi connectivity index (χ1n) is 7.75. The molecule has 24 heavy (non-hydrogen) atoms. The molecule has 2 aromatic carbocycles. The van der Waals surface area contributed by atoms with Crippen LogP contribution >= 0.6 is 0 Å². The van der Waals surface area contributed by atoms with Gasteiger partial charge in [-0.15, -0.1) is 0 Å². The topological polar surface area (TPSA) is 75.6 Å².